The normalized spacial score (nSPS) is 34.2. The zero-order valence-electron chi connectivity index (χ0n) is 9.75. The minimum Gasteiger partial charge on any atom is -0.378 e. The Kier molecular flexibility index (Phi) is 3.78. The second-order valence-electron chi connectivity index (χ2n) is 4.58. The fourth-order valence-electron chi connectivity index (χ4n) is 2.39. The van der Waals surface area contributed by atoms with Crippen molar-refractivity contribution in [3.63, 3.8) is 0 Å². The van der Waals surface area contributed by atoms with Crippen molar-refractivity contribution in [1.29, 1.82) is 0 Å². The molecule has 0 aliphatic carbocycles. The summed E-state index contributed by atoms with van der Waals surface area (Å²) in [7, 11) is 1.65. The molecule has 0 radical (unpaired) electrons. The minimum atomic E-state index is -0.0847. The zero-order chi connectivity index (χ0) is 11.4. The summed E-state index contributed by atoms with van der Waals surface area (Å²) in [5, 5.41) is 5.88. The SMILES string of the molecule is CNC(=O)CNC1CCOC2(CCOC2)C1. The van der Waals surface area contributed by atoms with Gasteiger partial charge < -0.3 is 20.1 Å². The second kappa shape index (κ2) is 5.12. The van der Waals surface area contributed by atoms with Crippen LogP contribution in [-0.4, -0.2) is 51.0 Å². The van der Waals surface area contributed by atoms with Crippen LogP contribution in [0.25, 0.3) is 0 Å². The van der Waals surface area contributed by atoms with Crippen molar-refractivity contribution in [3.05, 3.63) is 0 Å². The van der Waals surface area contributed by atoms with Gasteiger partial charge in [-0.3, -0.25) is 4.79 Å². The van der Waals surface area contributed by atoms with E-state index in [1.165, 1.54) is 0 Å². The van der Waals surface area contributed by atoms with Crippen molar-refractivity contribution in [2.24, 2.45) is 0 Å². The molecule has 2 atom stereocenters. The highest BCUT2D eigenvalue weighted by Crippen LogP contribution is 2.32. The van der Waals surface area contributed by atoms with Gasteiger partial charge in [0.05, 0.1) is 18.8 Å². The molecule has 2 rings (SSSR count). The average Bonchev–Trinajstić information content (AvgIpc) is 2.74. The van der Waals surface area contributed by atoms with E-state index < -0.39 is 0 Å². The van der Waals surface area contributed by atoms with Crippen molar-refractivity contribution in [1.82, 2.24) is 10.6 Å². The number of carbonyl (C=O) groups excluding carboxylic acids is 1. The van der Waals surface area contributed by atoms with Crippen molar-refractivity contribution in [2.45, 2.75) is 30.9 Å². The van der Waals surface area contributed by atoms with Crippen molar-refractivity contribution < 1.29 is 14.3 Å². The summed E-state index contributed by atoms with van der Waals surface area (Å²) in [6, 6.07) is 0.368. The van der Waals surface area contributed by atoms with Crippen molar-refractivity contribution >= 4 is 5.91 Å². The number of rotatable bonds is 3. The van der Waals surface area contributed by atoms with Crippen molar-refractivity contribution in [2.75, 3.05) is 33.4 Å². The van der Waals surface area contributed by atoms with Crippen LogP contribution in [0.1, 0.15) is 19.3 Å². The van der Waals surface area contributed by atoms with E-state index in [1.807, 2.05) is 0 Å². The maximum atomic E-state index is 11.1. The number of carbonyl (C=O) groups is 1. The van der Waals surface area contributed by atoms with Gasteiger partial charge in [-0.15, -0.1) is 0 Å². The van der Waals surface area contributed by atoms with E-state index in [2.05, 4.69) is 10.6 Å². The molecule has 92 valence electrons. The quantitative estimate of drug-likeness (QED) is 0.694. The van der Waals surface area contributed by atoms with Gasteiger partial charge in [-0.2, -0.15) is 0 Å². The monoisotopic (exact) mass is 228 g/mol. The topological polar surface area (TPSA) is 59.6 Å². The van der Waals surface area contributed by atoms with Crippen LogP contribution in [0.3, 0.4) is 0 Å². The molecule has 0 aromatic rings. The third-order valence-corrected chi connectivity index (χ3v) is 3.39. The fraction of sp³-hybridized carbons (Fsp3) is 0.909. The molecule has 1 spiro atoms. The molecule has 0 saturated carbocycles. The van der Waals surface area contributed by atoms with Crippen LogP contribution >= 0.6 is 0 Å². The Morgan fingerprint density at radius 1 is 1.50 bits per heavy atom. The number of amides is 1. The maximum absolute atomic E-state index is 11.1. The van der Waals surface area contributed by atoms with Crippen LogP contribution in [0.4, 0.5) is 0 Å². The highest BCUT2D eigenvalue weighted by atomic mass is 16.6. The largest absolute Gasteiger partial charge is 0.378 e. The van der Waals surface area contributed by atoms with E-state index in [1.54, 1.807) is 7.05 Å². The molecular weight excluding hydrogens is 208 g/mol. The lowest BCUT2D eigenvalue weighted by Crippen LogP contribution is -2.49. The molecule has 5 nitrogen and oxygen atoms in total. The first-order valence-corrected chi connectivity index (χ1v) is 5.90. The maximum Gasteiger partial charge on any atom is 0.233 e. The van der Waals surface area contributed by atoms with Gasteiger partial charge in [0.15, 0.2) is 0 Å². The number of hydrogen-bond acceptors (Lipinski definition) is 4. The van der Waals surface area contributed by atoms with Gasteiger partial charge in [0.25, 0.3) is 0 Å². The molecule has 5 heteroatoms. The first-order chi connectivity index (χ1) is 7.74. The molecule has 2 N–H and O–H groups in total. The van der Waals surface area contributed by atoms with Gasteiger partial charge in [0, 0.05) is 32.7 Å². The van der Waals surface area contributed by atoms with Gasteiger partial charge in [0.2, 0.25) is 5.91 Å². The molecule has 2 fully saturated rings. The standard InChI is InChI=1S/C11H20N2O3/c1-12-10(14)7-13-9-2-4-16-11(6-9)3-5-15-8-11/h9,13H,2-8H2,1H3,(H,12,14). The Hall–Kier alpha value is -0.650. The second-order valence-corrected chi connectivity index (χ2v) is 4.58. The Morgan fingerprint density at radius 2 is 2.38 bits per heavy atom. The van der Waals surface area contributed by atoms with Crippen LogP contribution in [0.15, 0.2) is 0 Å². The Balaban J connectivity index is 1.80. The van der Waals surface area contributed by atoms with Crippen LogP contribution in [0, 0.1) is 0 Å². The van der Waals surface area contributed by atoms with Gasteiger partial charge in [-0.25, -0.2) is 0 Å². The van der Waals surface area contributed by atoms with Gasteiger partial charge in [-0.1, -0.05) is 0 Å². The van der Waals surface area contributed by atoms with E-state index in [0.717, 1.165) is 32.5 Å². The molecule has 2 aliphatic rings. The molecular formula is C11H20N2O3. The smallest absolute Gasteiger partial charge is 0.233 e. The molecule has 2 aliphatic heterocycles. The highest BCUT2D eigenvalue weighted by molar-refractivity contribution is 5.77. The van der Waals surface area contributed by atoms with E-state index >= 15 is 0 Å². The van der Waals surface area contributed by atoms with Crippen LogP contribution in [0.5, 0.6) is 0 Å². The van der Waals surface area contributed by atoms with Crippen LogP contribution < -0.4 is 10.6 Å². The molecule has 0 aromatic carbocycles. The van der Waals surface area contributed by atoms with E-state index in [4.69, 9.17) is 9.47 Å². The first-order valence-electron chi connectivity index (χ1n) is 5.90. The summed E-state index contributed by atoms with van der Waals surface area (Å²) in [6.45, 7) is 2.64. The van der Waals surface area contributed by atoms with E-state index in [-0.39, 0.29) is 11.5 Å². The van der Waals surface area contributed by atoms with Crippen molar-refractivity contribution in [3.8, 4) is 0 Å². The summed E-state index contributed by atoms with van der Waals surface area (Å²) in [5.74, 6) is 0.0308. The Labute approximate surface area is 95.9 Å². The summed E-state index contributed by atoms with van der Waals surface area (Å²) in [5.41, 5.74) is -0.0847. The summed E-state index contributed by atoms with van der Waals surface area (Å²) in [4.78, 5) is 11.1. The Bertz CT molecular complexity index is 252. The molecule has 2 heterocycles. The molecule has 2 unspecified atom stereocenters. The van der Waals surface area contributed by atoms with Gasteiger partial charge >= 0.3 is 0 Å². The minimum absolute atomic E-state index is 0.0308. The lowest BCUT2D eigenvalue weighted by Gasteiger charge is -2.37. The third kappa shape index (κ3) is 2.72. The zero-order valence-corrected chi connectivity index (χ0v) is 9.75. The lowest BCUT2D eigenvalue weighted by atomic mass is 9.90. The summed E-state index contributed by atoms with van der Waals surface area (Å²) in [6.07, 6.45) is 2.90. The van der Waals surface area contributed by atoms with Crippen LogP contribution in [0.2, 0.25) is 0 Å². The third-order valence-electron chi connectivity index (χ3n) is 3.39. The first kappa shape index (κ1) is 11.8. The number of likely N-dealkylation sites (N-methyl/N-ethyl adjacent to an activating group) is 1. The number of ether oxygens (including phenoxy) is 2. The highest BCUT2D eigenvalue weighted by Gasteiger charge is 2.40. The number of hydrogen-bond donors (Lipinski definition) is 2. The predicted molar refractivity (Wildman–Crippen MR) is 59.2 cm³/mol. The van der Waals surface area contributed by atoms with Gasteiger partial charge in [0.1, 0.15) is 0 Å². The van der Waals surface area contributed by atoms with Gasteiger partial charge in [-0.05, 0) is 12.8 Å². The summed E-state index contributed by atoms with van der Waals surface area (Å²) >= 11 is 0. The van der Waals surface area contributed by atoms with Crippen LogP contribution in [-0.2, 0) is 14.3 Å². The number of nitrogens with one attached hydrogen (secondary N) is 2. The fourth-order valence-corrected chi connectivity index (χ4v) is 2.39. The molecule has 1 amide bonds. The molecule has 0 bridgehead atoms. The Morgan fingerprint density at radius 3 is 3.06 bits per heavy atom. The van der Waals surface area contributed by atoms with E-state index in [9.17, 15) is 4.79 Å². The molecule has 16 heavy (non-hydrogen) atoms. The summed E-state index contributed by atoms with van der Waals surface area (Å²) < 4.78 is 11.2. The predicted octanol–water partition coefficient (Wildman–Crippen LogP) is -0.340. The molecule has 2 saturated heterocycles. The molecule has 0 aromatic heterocycles. The van der Waals surface area contributed by atoms with E-state index in [0.29, 0.717) is 19.2 Å². The average molecular weight is 228 g/mol. The lowest BCUT2D eigenvalue weighted by molar-refractivity contribution is -0.120.